The van der Waals surface area contributed by atoms with Crippen molar-refractivity contribution < 1.29 is 13.2 Å². The topological polar surface area (TPSA) is 112 Å². The maximum Gasteiger partial charge on any atom is 0.262 e. The second-order valence-corrected chi connectivity index (χ2v) is 10.6. The highest BCUT2D eigenvalue weighted by Gasteiger charge is 2.33. The Hall–Kier alpha value is -3.73. The Labute approximate surface area is 203 Å². The van der Waals surface area contributed by atoms with Crippen LogP contribution in [0.5, 0.6) is 0 Å². The molecule has 0 bridgehead atoms. The predicted molar refractivity (Wildman–Crippen MR) is 132 cm³/mol. The van der Waals surface area contributed by atoms with Gasteiger partial charge in [0.25, 0.3) is 10.0 Å². The Morgan fingerprint density at radius 1 is 0.829 bits per heavy atom. The van der Waals surface area contributed by atoms with E-state index in [-0.39, 0.29) is 10.8 Å². The van der Waals surface area contributed by atoms with Gasteiger partial charge in [-0.3, -0.25) is 9.52 Å². The molecule has 3 aliphatic heterocycles. The maximum atomic E-state index is 13.1. The average molecular weight is 492 g/mol. The van der Waals surface area contributed by atoms with Crippen molar-refractivity contribution in [3.8, 4) is 0 Å². The normalized spacial score (nSPS) is 17.5. The average Bonchev–Trinajstić information content (AvgIpc) is 3.33. The van der Waals surface area contributed by atoms with E-state index in [0.717, 1.165) is 48.8 Å². The molecule has 2 aromatic heterocycles. The first-order valence-corrected chi connectivity index (χ1v) is 13.2. The highest BCUT2D eigenvalue weighted by atomic mass is 32.2. The quantitative estimate of drug-likeness (QED) is 0.576. The van der Waals surface area contributed by atoms with Crippen molar-refractivity contribution in [3.63, 3.8) is 0 Å². The first-order valence-electron chi connectivity index (χ1n) is 11.7. The number of hydrogen-bond acceptors (Lipinski definition) is 8. The van der Waals surface area contributed by atoms with E-state index in [9.17, 15) is 13.2 Å². The molecule has 180 valence electrons. The standard InChI is InChI=1S/C24H25N7O3S/c32-22-5-4-17-13-20(14-18-6-8-31(22)23(17)18)35(33,34)28-19-15-26-24(27-16-19)30-11-9-29(10-12-30)21-3-1-2-7-25-21/h1-3,7,13-16,28H,4-6,8-12H2. The van der Waals surface area contributed by atoms with Crippen molar-refractivity contribution >= 4 is 39.1 Å². The van der Waals surface area contributed by atoms with Gasteiger partial charge in [-0.25, -0.2) is 23.4 Å². The van der Waals surface area contributed by atoms with Gasteiger partial charge in [-0.1, -0.05) is 6.07 Å². The fourth-order valence-corrected chi connectivity index (χ4v) is 6.14. The van der Waals surface area contributed by atoms with Crippen molar-refractivity contribution in [2.45, 2.75) is 24.2 Å². The first kappa shape index (κ1) is 21.8. The van der Waals surface area contributed by atoms with Crippen molar-refractivity contribution in [3.05, 3.63) is 60.0 Å². The van der Waals surface area contributed by atoms with E-state index >= 15 is 0 Å². The Bertz CT molecular complexity index is 1370. The highest BCUT2D eigenvalue weighted by Crippen LogP contribution is 2.38. The summed E-state index contributed by atoms with van der Waals surface area (Å²) >= 11 is 0. The van der Waals surface area contributed by atoms with Crippen LogP contribution in [0.4, 0.5) is 23.1 Å². The molecule has 0 radical (unpaired) electrons. The summed E-state index contributed by atoms with van der Waals surface area (Å²) < 4.78 is 28.8. The van der Waals surface area contributed by atoms with Crippen LogP contribution >= 0.6 is 0 Å². The smallest absolute Gasteiger partial charge is 0.262 e. The number of aromatic nitrogens is 3. The lowest BCUT2D eigenvalue weighted by atomic mass is 10.00. The van der Waals surface area contributed by atoms with E-state index in [4.69, 9.17) is 0 Å². The molecule has 5 heterocycles. The second kappa shape index (κ2) is 8.49. The van der Waals surface area contributed by atoms with Crippen molar-refractivity contribution in [2.24, 2.45) is 0 Å². The number of nitrogens with zero attached hydrogens (tertiary/aromatic N) is 6. The van der Waals surface area contributed by atoms with Crippen molar-refractivity contribution in [2.75, 3.05) is 52.1 Å². The van der Waals surface area contributed by atoms with E-state index in [1.165, 1.54) is 12.4 Å². The number of amides is 1. The number of rotatable bonds is 5. The molecule has 1 aromatic carbocycles. The molecule has 1 amide bonds. The Morgan fingerprint density at radius 2 is 1.54 bits per heavy atom. The van der Waals surface area contributed by atoms with Gasteiger partial charge < -0.3 is 14.7 Å². The van der Waals surface area contributed by atoms with Crippen molar-refractivity contribution in [1.82, 2.24) is 15.0 Å². The van der Waals surface area contributed by atoms with E-state index in [0.29, 0.717) is 37.4 Å². The maximum absolute atomic E-state index is 13.1. The van der Waals surface area contributed by atoms with Crippen LogP contribution in [0.3, 0.4) is 0 Å². The summed E-state index contributed by atoms with van der Waals surface area (Å²) in [7, 11) is -3.81. The molecule has 3 aliphatic rings. The van der Waals surface area contributed by atoms with E-state index in [1.54, 1.807) is 23.2 Å². The second-order valence-electron chi connectivity index (χ2n) is 8.92. The number of carbonyl (C=O) groups is 1. The van der Waals surface area contributed by atoms with Gasteiger partial charge in [-0.15, -0.1) is 0 Å². The molecule has 6 rings (SSSR count). The predicted octanol–water partition coefficient (Wildman–Crippen LogP) is 1.83. The Balaban J connectivity index is 1.14. The van der Waals surface area contributed by atoms with Gasteiger partial charge in [-0.2, -0.15) is 0 Å². The molecule has 1 fully saturated rings. The third kappa shape index (κ3) is 4.05. The summed E-state index contributed by atoms with van der Waals surface area (Å²) in [4.78, 5) is 31.6. The molecular weight excluding hydrogens is 466 g/mol. The van der Waals surface area contributed by atoms with E-state index in [1.807, 2.05) is 18.2 Å². The molecular formula is C24H25N7O3S. The fourth-order valence-electron chi connectivity index (χ4n) is 5.01. The zero-order valence-electron chi connectivity index (χ0n) is 19.1. The van der Waals surface area contributed by atoms with Gasteiger partial charge in [0.2, 0.25) is 11.9 Å². The molecule has 0 aliphatic carbocycles. The number of anilines is 4. The van der Waals surface area contributed by atoms with Crippen LogP contribution < -0.4 is 19.4 Å². The monoisotopic (exact) mass is 491 g/mol. The van der Waals surface area contributed by atoms with Gasteiger partial charge >= 0.3 is 0 Å². The molecule has 3 aromatic rings. The largest absolute Gasteiger partial charge is 0.353 e. The van der Waals surface area contributed by atoms with Crippen LogP contribution in [0.25, 0.3) is 0 Å². The molecule has 0 saturated carbocycles. The Kier molecular flexibility index (Phi) is 5.28. The van der Waals surface area contributed by atoms with Gasteiger partial charge in [0, 0.05) is 45.3 Å². The minimum absolute atomic E-state index is 0.111. The molecule has 1 N–H and O–H groups in total. The molecule has 35 heavy (non-hydrogen) atoms. The molecule has 11 heteroatoms. The lowest BCUT2D eigenvalue weighted by Crippen LogP contribution is -2.47. The minimum atomic E-state index is -3.81. The van der Waals surface area contributed by atoms with Gasteiger partial charge in [0.15, 0.2) is 0 Å². The number of aryl methyl sites for hydroxylation is 1. The number of carbonyl (C=O) groups excluding carboxylic acids is 1. The fraction of sp³-hybridized carbons (Fsp3) is 0.333. The SMILES string of the molecule is O=C1CCc2cc(S(=O)(=O)Nc3cnc(N4CCN(c5ccccn5)CC4)nc3)cc3c2N1CC3. The zero-order chi connectivity index (χ0) is 24.0. The molecule has 10 nitrogen and oxygen atoms in total. The third-order valence-electron chi connectivity index (χ3n) is 6.76. The summed E-state index contributed by atoms with van der Waals surface area (Å²) in [5, 5.41) is 0. The first-order chi connectivity index (χ1) is 17.0. The number of piperazine rings is 1. The van der Waals surface area contributed by atoms with E-state index in [2.05, 4.69) is 29.5 Å². The summed E-state index contributed by atoms with van der Waals surface area (Å²) in [6.07, 6.45) is 6.44. The molecule has 1 saturated heterocycles. The summed E-state index contributed by atoms with van der Waals surface area (Å²) in [6.45, 7) is 3.72. The van der Waals surface area contributed by atoms with Crippen molar-refractivity contribution in [1.29, 1.82) is 0 Å². The zero-order valence-corrected chi connectivity index (χ0v) is 19.9. The van der Waals surface area contributed by atoms with Crippen LogP contribution in [-0.2, 0) is 27.7 Å². The summed E-state index contributed by atoms with van der Waals surface area (Å²) in [5.41, 5.74) is 3.03. The summed E-state index contributed by atoms with van der Waals surface area (Å²) in [6, 6.07) is 9.24. The van der Waals surface area contributed by atoms with Crippen LogP contribution in [0.2, 0.25) is 0 Å². The number of nitrogens with one attached hydrogen (secondary N) is 1. The molecule has 0 spiro atoms. The number of sulfonamides is 1. The third-order valence-corrected chi connectivity index (χ3v) is 8.12. The highest BCUT2D eigenvalue weighted by molar-refractivity contribution is 7.92. The number of hydrogen-bond donors (Lipinski definition) is 1. The van der Waals surface area contributed by atoms with E-state index < -0.39 is 10.0 Å². The Morgan fingerprint density at radius 3 is 2.26 bits per heavy atom. The minimum Gasteiger partial charge on any atom is -0.353 e. The molecule has 0 atom stereocenters. The van der Waals surface area contributed by atoms with Crippen LogP contribution in [-0.4, -0.2) is 62.0 Å². The summed E-state index contributed by atoms with van der Waals surface area (Å²) in [5.74, 6) is 1.64. The number of benzene rings is 1. The van der Waals surface area contributed by atoms with Crippen LogP contribution in [0, 0.1) is 0 Å². The van der Waals surface area contributed by atoms with Gasteiger partial charge in [0.1, 0.15) is 5.82 Å². The lowest BCUT2D eigenvalue weighted by Gasteiger charge is -2.35. The van der Waals surface area contributed by atoms with Crippen LogP contribution in [0.15, 0.2) is 53.8 Å². The van der Waals surface area contributed by atoms with Gasteiger partial charge in [-0.05, 0) is 48.2 Å². The lowest BCUT2D eigenvalue weighted by molar-refractivity contribution is -0.118. The van der Waals surface area contributed by atoms with Gasteiger partial charge in [0.05, 0.1) is 28.7 Å². The van der Waals surface area contributed by atoms with Crippen LogP contribution in [0.1, 0.15) is 17.5 Å². The molecule has 0 unspecified atom stereocenters. The number of pyridine rings is 1.